The zero-order valence-corrected chi connectivity index (χ0v) is 9.33. The maximum atomic E-state index is 9.52. The first-order valence-electron chi connectivity index (χ1n) is 3.77. The van der Waals surface area contributed by atoms with E-state index in [2.05, 4.69) is 15.9 Å². The molecule has 1 rings (SSSR count). The molecule has 14 heavy (non-hydrogen) atoms. The van der Waals surface area contributed by atoms with Crippen molar-refractivity contribution in [2.45, 2.75) is 12.2 Å². The van der Waals surface area contributed by atoms with Gasteiger partial charge in [-0.05, 0) is 18.2 Å². The summed E-state index contributed by atoms with van der Waals surface area (Å²) in [5.41, 5.74) is 0.329. The molecule has 0 bridgehead atoms. The number of aliphatic hydroxyl groups excluding tert-OH is 2. The van der Waals surface area contributed by atoms with E-state index in [-0.39, 0.29) is 0 Å². The minimum absolute atomic E-state index is 0.315. The molecule has 0 spiro atoms. The monoisotopic (exact) mass is 275 g/mol. The second kappa shape index (κ2) is 4.76. The average molecular weight is 277 g/mol. The lowest BCUT2D eigenvalue weighted by Crippen LogP contribution is -2.16. The van der Waals surface area contributed by atoms with Gasteiger partial charge in [-0.3, -0.25) is 0 Å². The molecule has 2 N–H and O–H groups in total. The van der Waals surface area contributed by atoms with Crippen molar-refractivity contribution in [3.63, 3.8) is 0 Å². The van der Waals surface area contributed by atoms with Gasteiger partial charge in [-0.25, -0.2) is 0 Å². The van der Waals surface area contributed by atoms with Gasteiger partial charge in [-0.2, -0.15) is 5.26 Å². The zero-order chi connectivity index (χ0) is 10.7. The van der Waals surface area contributed by atoms with E-state index in [9.17, 15) is 5.11 Å². The Morgan fingerprint density at radius 2 is 2.07 bits per heavy atom. The molecule has 0 saturated carbocycles. The van der Waals surface area contributed by atoms with Crippen molar-refractivity contribution in [2.75, 3.05) is 0 Å². The summed E-state index contributed by atoms with van der Waals surface area (Å²) < 4.78 is 0.723. The van der Waals surface area contributed by atoms with Crippen LogP contribution >= 0.6 is 27.5 Å². The third-order valence-corrected chi connectivity index (χ3v) is 2.55. The molecule has 0 aliphatic rings. The summed E-state index contributed by atoms with van der Waals surface area (Å²) in [6, 6.07) is 6.39. The number of halogens is 2. The van der Waals surface area contributed by atoms with Gasteiger partial charge in [0.2, 0.25) is 0 Å². The number of hydrogen-bond acceptors (Lipinski definition) is 3. The van der Waals surface area contributed by atoms with Gasteiger partial charge in [-0.15, -0.1) is 0 Å². The number of nitrogens with zero attached hydrogens (tertiary/aromatic N) is 1. The highest BCUT2D eigenvalue weighted by Crippen LogP contribution is 2.28. The highest BCUT2D eigenvalue weighted by Gasteiger charge is 2.20. The molecule has 0 radical (unpaired) electrons. The van der Waals surface area contributed by atoms with Crippen molar-refractivity contribution in [3.05, 3.63) is 33.3 Å². The van der Waals surface area contributed by atoms with E-state index < -0.39 is 12.2 Å². The van der Waals surface area contributed by atoms with E-state index in [1.165, 1.54) is 0 Å². The number of benzene rings is 1. The molecule has 5 heteroatoms. The fourth-order valence-corrected chi connectivity index (χ4v) is 1.59. The van der Waals surface area contributed by atoms with E-state index in [1.54, 1.807) is 24.3 Å². The SMILES string of the molecule is N#CC(O)C(O)c1cc(Br)ccc1Cl. The Bertz CT molecular complexity index is 378. The Kier molecular flexibility index (Phi) is 3.90. The van der Waals surface area contributed by atoms with Gasteiger partial charge in [0, 0.05) is 15.1 Å². The quantitative estimate of drug-likeness (QED) is 0.812. The molecule has 74 valence electrons. The molecular formula is C9H7BrClNO2. The zero-order valence-electron chi connectivity index (χ0n) is 6.98. The first-order chi connectivity index (χ1) is 6.56. The van der Waals surface area contributed by atoms with Crippen LogP contribution in [0.25, 0.3) is 0 Å². The molecule has 0 amide bonds. The van der Waals surface area contributed by atoms with Crippen molar-refractivity contribution < 1.29 is 10.2 Å². The molecule has 0 fully saturated rings. The minimum atomic E-state index is -1.47. The number of nitriles is 1. The maximum Gasteiger partial charge on any atom is 0.170 e. The van der Waals surface area contributed by atoms with E-state index in [4.69, 9.17) is 22.0 Å². The molecule has 0 aliphatic heterocycles. The second-order valence-electron chi connectivity index (χ2n) is 2.68. The van der Waals surface area contributed by atoms with Crippen LogP contribution in [0.1, 0.15) is 11.7 Å². The highest BCUT2D eigenvalue weighted by atomic mass is 79.9. The first kappa shape index (κ1) is 11.5. The lowest BCUT2D eigenvalue weighted by molar-refractivity contribution is 0.0528. The van der Waals surface area contributed by atoms with Crippen molar-refractivity contribution in [2.24, 2.45) is 0 Å². The minimum Gasteiger partial charge on any atom is -0.384 e. The highest BCUT2D eigenvalue weighted by molar-refractivity contribution is 9.10. The normalized spacial score (nSPS) is 14.5. The number of aliphatic hydroxyl groups is 2. The largest absolute Gasteiger partial charge is 0.384 e. The van der Waals surface area contributed by atoms with Crippen molar-refractivity contribution in [1.82, 2.24) is 0 Å². The fraction of sp³-hybridized carbons (Fsp3) is 0.222. The van der Waals surface area contributed by atoms with Crippen LogP contribution in [0.2, 0.25) is 5.02 Å². The summed E-state index contributed by atoms with van der Waals surface area (Å²) in [6.07, 6.45) is -2.76. The van der Waals surface area contributed by atoms with Crippen LogP contribution in [-0.4, -0.2) is 16.3 Å². The van der Waals surface area contributed by atoms with Crippen LogP contribution in [0, 0.1) is 11.3 Å². The molecule has 1 aromatic carbocycles. The fourth-order valence-electron chi connectivity index (χ4n) is 0.982. The standard InChI is InChI=1S/C9H7BrClNO2/c10-5-1-2-7(11)6(3-5)9(14)8(13)4-12/h1-3,8-9,13-14H. The Hall–Kier alpha value is -0.600. The molecule has 0 aromatic heterocycles. The maximum absolute atomic E-state index is 9.52. The van der Waals surface area contributed by atoms with Crippen LogP contribution in [0.15, 0.2) is 22.7 Å². The van der Waals surface area contributed by atoms with E-state index in [0.717, 1.165) is 4.47 Å². The molecule has 0 aliphatic carbocycles. The summed E-state index contributed by atoms with van der Waals surface area (Å²) in [7, 11) is 0. The topological polar surface area (TPSA) is 64.2 Å². The van der Waals surface area contributed by atoms with E-state index in [1.807, 2.05) is 0 Å². The molecule has 1 aromatic rings. The van der Waals surface area contributed by atoms with Crippen LogP contribution < -0.4 is 0 Å². The predicted octanol–water partition coefficient (Wildman–Crippen LogP) is 2.02. The van der Waals surface area contributed by atoms with Crippen LogP contribution in [-0.2, 0) is 0 Å². The third kappa shape index (κ3) is 2.46. The second-order valence-corrected chi connectivity index (χ2v) is 4.01. The van der Waals surface area contributed by atoms with Gasteiger partial charge in [0.05, 0.1) is 6.07 Å². The van der Waals surface area contributed by atoms with Gasteiger partial charge in [0.15, 0.2) is 6.10 Å². The Balaban J connectivity index is 3.07. The molecule has 0 heterocycles. The van der Waals surface area contributed by atoms with Crippen molar-refractivity contribution >= 4 is 27.5 Å². The number of hydrogen-bond donors (Lipinski definition) is 2. The Morgan fingerprint density at radius 3 is 2.64 bits per heavy atom. The van der Waals surface area contributed by atoms with Crippen LogP contribution in [0.4, 0.5) is 0 Å². The summed E-state index contributed by atoms with van der Waals surface area (Å²) in [5.74, 6) is 0. The van der Waals surface area contributed by atoms with Gasteiger partial charge in [0.1, 0.15) is 6.10 Å². The van der Waals surface area contributed by atoms with E-state index in [0.29, 0.717) is 10.6 Å². The van der Waals surface area contributed by atoms with Gasteiger partial charge < -0.3 is 10.2 Å². The lowest BCUT2D eigenvalue weighted by Gasteiger charge is -2.13. The van der Waals surface area contributed by atoms with Gasteiger partial charge >= 0.3 is 0 Å². The van der Waals surface area contributed by atoms with Crippen LogP contribution in [0.5, 0.6) is 0 Å². The molecule has 2 atom stereocenters. The molecular weight excluding hydrogens is 269 g/mol. The van der Waals surface area contributed by atoms with Crippen molar-refractivity contribution in [3.8, 4) is 6.07 Å². The average Bonchev–Trinajstić information content (AvgIpc) is 2.19. The number of rotatable bonds is 2. The lowest BCUT2D eigenvalue weighted by atomic mass is 10.1. The predicted molar refractivity (Wildman–Crippen MR) is 55.7 cm³/mol. The van der Waals surface area contributed by atoms with E-state index >= 15 is 0 Å². The summed E-state index contributed by atoms with van der Waals surface area (Å²) in [4.78, 5) is 0. The van der Waals surface area contributed by atoms with Gasteiger partial charge in [-0.1, -0.05) is 27.5 Å². The Morgan fingerprint density at radius 1 is 1.43 bits per heavy atom. The summed E-state index contributed by atoms with van der Waals surface area (Å²) in [5, 5.41) is 27.4. The first-order valence-corrected chi connectivity index (χ1v) is 4.94. The van der Waals surface area contributed by atoms with Crippen LogP contribution in [0.3, 0.4) is 0 Å². The molecule has 2 unspecified atom stereocenters. The summed E-state index contributed by atoms with van der Waals surface area (Å²) in [6.45, 7) is 0. The Labute approximate surface area is 94.7 Å². The molecule has 0 saturated heterocycles. The molecule has 3 nitrogen and oxygen atoms in total. The third-order valence-electron chi connectivity index (χ3n) is 1.71. The smallest absolute Gasteiger partial charge is 0.170 e. The van der Waals surface area contributed by atoms with Gasteiger partial charge in [0.25, 0.3) is 0 Å². The summed E-state index contributed by atoms with van der Waals surface area (Å²) >= 11 is 8.99. The van der Waals surface area contributed by atoms with Crippen molar-refractivity contribution in [1.29, 1.82) is 5.26 Å².